The van der Waals surface area contributed by atoms with Crippen LogP contribution in [0.1, 0.15) is 44.2 Å². The van der Waals surface area contributed by atoms with E-state index in [4.69, 9.17) is 32.7 Å². The van der Waals surface area contributed by atoms with E-state index in [9.17, 15) is 9.59 Å². The molecule has 2 amide bonds. The van der Waals surface area contributed by atoms with E-state index in [1.165, 1.54) is 0 Å². The number of benzene rings is 2. The van der Waals surface area contributed by atoms with E-state index in [0.29, 0.717) is 40.9 Å². The number of hydrogen-bond acceptors (Lipinski definition) is 4. The van der Waals surface area contributed by atoms with E-state index in [-0.39, 0.29) is 31.6 Å². The number of halogens is 2. The van der Waals surface area contributed by atoms with Gasteiger partial charge in [-0.1, -0.05) is 49.2 Å². The van der Waals surface area contributed by atoms with Crippen molar-refractivity contribution in [1.82, 2.24) is 10.2 Å². The van der Waals surface area contributed by atoms with Crippen LogP contribution in [0.3, 0.4) is 0 Å². The average molecular weight is 479 g/mol. The molecule has 1 N–H and O–H groups in total. The van der Waals surface area contributed by atoms with Crippen LogP contribution < -0.4 is 14.8 Å². The summed E-state index contributed by atoms with van der Waals surface area (Å²) in [6.45, 7) is 4.95. The first-order chi connectivity index (χ1) is 15.4. The fourth-order valence-electron chi connectivity index (χ4n) is 3.61. The third-order valence-electron chi connectivity index (χ3n) is 5.34. The zero-order valence-electron chi connectivity index (χ0n) is 18.3. The molecule has 2 aromatic carbocycles. The lowest BCUT2D eigenvalue weighted by Gasteiger charge is -2.31. The van der Waals surface area contributed by atoms with Crippen LogP contribution in [0.4, 0.5) is 0 Å². The maximum absolute atomic E-state index is 13.3. The molecule has 8 heteroatoms. The Labute approximate surface area is 198 Å². The lowest BCUT2D eigenvalue weighted by molar-refractivity contribution is -0.141. The first-order valence-electron chi connectivity index (χ1n) is 10.8. The normalized spacial score (nSPS) is 13.0. The highest BCUT2D eigenvalue weighted by Crippen LogP contribution is 2.33. The average Bonchev–Trinajstić information content (AvgIpc) is 3.26. The van der Waals surface area contributed by atoms with Crippen molar-refractivity contribution in [3.8, 4) is 11.5 Å². The summed E-state index contributed by atoms with van der Waals surface area (Å²) < 4.78 is 10.8. The topological polar surface area (TPSA) is 67.9 Å². The molecule has 1 heterocycles. The van der Waals surface area contributed by atoms with Gasteiger partial charge in [-0.15, -0.1) is 0 Å². The van der Waals surface area contributed by atoms with Crippen LogP contribution in [-0.4, -0.2) is 36.1 Å². The number of carbonyl (C=O) groups is 2. The van der Waals surface area contributed by atoms with Gasteiger partial charge in [-0.2, -0.15) is 0 Å². The minimum atomic E-state index is -0.569. The van der Waals surface area contributed by atoms with Crippen LogP contribution in [0.15, 0.2) is 36.4 Å². The van der Waals surface area contributed by atoms with Gasteiger partial charge in [-0.3, -0.25) is 9.59 Å². The molecule has 1 atom stereocenters. The number of nitrogens with zero attached hydrogens (tertiary/aromatic N) is 1. The van der Waals surface area contributed by atoms with Crippen molar-refractivity contribution in [1.29, 1.82) is 0 Å². The summed E-state index contributed by atoms with van der Waals surface area (Å²) >= 11 is 12.2. The van der Waals surface area contributed by atoms with E-state index < -0.39 is 6.04 Å². The fraction of sp³-hybridized carbons (Fsp3) is 0.417. The van der Waals surface area contributed by atoms with E-state index >= 15 is 0 Å². The van der Waals surface area contributed by atoms with Crippen molar-refractivity contribution in [2.24, 2.45) is 0 Å². The minimum Gasteiger partial charge on any atom is -0.454 e. The lowest BCUT2D eigenvalue weighted by Crippen LogP contribution is -2.49. The van der Waals surface area contributed by atoms with Crippen LogP contribution in [0.5, 0.6) is 11.5 Å². The van der Waals surface area contributed by atoms with Crippen molar-refractivity contribution >= 4 is 35.0 Å². The molecule has 6 nitrogen and oxygen atoms in total. The molecule has 0 aromatic heterocycles. The number of aryl methyl sites for hydroxylation is 1. The molecule has 0 bridgehead atoms. The van der Waals surface area contributed by atoms with E-state index in [1.807, 2.05) is 38.1 Å². The van der Waals surface area contributed by atoms with Crippen LogP contribution in [-0.2, 0) is 22.6 Å². The van der Waals surface area contributed by atoms with Crippen molar-refractivity contribution in [2.45, 2.75) is 52.1 Å². The van der Waals surface area contributed by atoms with Crippen LogP contribution in [0, 0.1) is 0 Å². The third kappa shape index (κ3) is 6.08. The highest BCUT2D eigenvalue weighted by Gasteiger charge is 2.28. The Hall–Kier alpha value is -2.44. The summed E-state index contributed by atoms with van der Waals surface area (Å²) in [4.78, 5) is 27.8. The molecule has 0 spiro atoms. The molecule has 3 rings (SSSR count). The number of rotatable bonds is 10. The Balaban J connectivity index is 1.76. The molecule has 32 heavy (non-hydrogen) atoms. The Bertz CT molecular complexity index is 967. The molecule has 0 unspecified atom stereocenters. The Morgan fingerprint density at radius 2 is 1.78 bits per heavy atom. The van der Waals surface area contributed by atoms with Crippen LogP contribution in [0.2, 0.25) is 10.0 Å². The molecule has 0 saturated carbocycles. The first-order valence-corrected chi connectivity index (χ1v) is 11.6. The number of fused-ring (bicyclic) bond motifs is 1. The zero-order valence-corrected chi connectivity index (χ0v) is 19.8. The van der Waals surface area contributed by atoms with Gasteiger partial charge in [-0.25, -0.2) is 0 Å². The van der Waals surface area contributed by atoms with Gasteiger partial charge in [0, 0.05) is 19.5 Å². The molecule has 0 saturated heterocycles. The Kier molecular flexibility index (Phi) is 8.65. The molecule has 1 aliphatic rings. The predicted molar refractivity (Wildman–Crippen MR) is 125 cm³/mol. The maximum atomic E-state index is 13.3. The Morgan fingerprint density at radius 3 is 2.50 bits per heavy atom. The van der Waals surface area contributed by atoms with Gasteiger partial charge in [0.1, 0.15) is 6.04 Å². The highest BCUT2D eigenvalue weighted by atomic mass is 35.5. The second kappa shape index (κ2) is 11.4. The largest absolute Gasteiger partial charge is 0.454 e. The standard InChI is InChI=1S/C24H28Cl2N2O4/c1-3-11-27-24(30)20(4-2)28(14-17-5-8-18(25)19(26)12-17)23(29)10-7-16-6-9-21-22(13-16)32-15-31-21/h5-6,8-9,12-13,20H,3-4,7,10-11,14-15H2,1-2H3,(H,27,30)/t20-/m0/s1. The molecule has 0 fully saturated rings. The van der Waals surface area contributed by atoms with Crippen molar-refractivity contribution in [3.63, 3.8) is 0 Å². The summed E-state index contributed by atoms with van der Waals surface area (Å²) in [5.74, 6) is 1.14. The molecule has 0 aliphatic carbocycles. The zero-order chi connectivity index (χ0) is 23.1. The number of nitrogens with one attached hydrogen (secondary N) is 1. The monoisotopic (exact) mass is 478 g/mol. The number of amides is 2. The summed E-state index contributed by atoms with van der Waals surface area (Å²) in [5, 5.41) is 3.78. The second-order valence-corrected chi connectivity index (χ2v) is 8.49. The molecule has 1 aliphatic heterocycles. The fourth-order valence-corrected chi connectivity index (χ4v) is 3.93. The molecular formula is C24H28Cl2N2O4. The smallest absolute Gasteiger partial charge is 0.242 e. The Morgan fingerprint density at radius 1 is 1.03 bits per heavy atom. The number of hydrogen-bond donors (Lipinski definition) is 1. The number of ether oxygens (including phenoxy) is 2. The second-order valence-electron chi connectivity index (χ2n) is 7.67. The van der Waals surface area contributed by atoms with Gasteiger partial charge < -0.3 is 19.7 Å². The maximum Gasteiger partial charge on any atom is 0.242 e. The van der Waals surface area contributed by atoms with Gasteiger partial charge in [0.05, 0.1) is 10.0 Å². The first kappa shape index (κ1) is 24.2. The molecule has 0 radical (unpaired) electrons. The third-order valence-corrected chi connectivity index (χ3v) is 6.08. The van der Waals surface area contributed by atoms with Gasteiger partial charge in [-0.05, 0) is 54.7 Å². The van der Waals surface area contributed by atoms with Gasteiger partial charge in [0.15, 0.2) is 11.5 Å². The summed E-state index contributed by atoms with van der Waals surface area (Å²) in [6.07, 6.45) is 2.12. The SMILES string of the molecule is CCCNC(=O)[C@H](CC)N(Cc1ccc(Cl)c(Cl)c1)C(=O)CCc1ccc2c(c1)OCO2. The van der Waals surface area contributed by atoms with E-state index in [1.54, 1.807) is 17.0 Å². The molecule has 2 aromatic rings. The van der Waals surface area contributed by atoms with Gasteiger partial charge in [0.25, 0.3) is 0 Å². The van der Waals surface area contributed by atoms with E-state index in [0.717, 1.165) is 17.5 Å². The van der Waals surface area contributed by atoms with Gasteiger partial charge >= 0.3 is 0 Å². The van der Waals surface area contributed by atoms with Crippen LogP contribution in [0.25, 0.3) is 0 Å². The molecule has 172 valence electrons. The highest BCUT2D eigenvalue weighted by molar-refractivity contribution is 6.42. The van der Waals surface area contributed by atoms with E-state index in [2.05, 4.69) is 5.32 Å². The lowest BCUT2D eigenvalue weighted by atomic mass is 10.1. The van der Waals surface area contributed by atoms with Crippen molar-refractivity contribution in [2.75, 3.05) is 13.3 Å². The minimum absolute atomic E-state index is 0.104. The van der Waals surface area contributed by atoms with Crippen molar-refractivity contribution in [3.05, 3.63) is 57.6 Å². The predicted octanol–water partition coefficient (Wildman–Crippen LogP) is 4.99. The summed E-state index contributed by atoms with van der Waals surface area (Å²) in [7, 11) is 0. The van der Waals surface area contributed by atoms with Crippen molar-refractivity contribution < 1.29 is 19.1 Å². The summed E-state index contributed by atoms with van der Waals surface area (Å²) in [6, 6.07) is 10.4. The quantitative estimate of drug-likeness (QED) is 0.522. The summed E-state index contributed by atoms with van der Waals surface area (Å²) in [5.41, 5.74) is 1.79. The molecular weight excluding hydrogens is 451 g/mol. The van der Waals surface area contributed by atoms with Crippen LogP contribution >= 0.6 is 23.2 Å². The van der Waals surface area contributed by atoms with Gasteiger partial charge in [0.2, 0.25) is 18.6 Å². The number of carbonyl (C=O) groups excluding carboxylic acids is 2.